The normalized spacial score (nSPS) is 14.0. The van der Waals surface area contributed by atoms with Crippen molar-refractivity contribution < 1.29 is 32.9 Å². The van der Waals surface area contributed by atoms with Gasteiger partial charge in [0.2, 0.25) is 5.91 Å². The van der Waals surface area contributed by atoms with Crippen LogP contribution < -0.4 is 5.32 Å². The van der Waals surface area contributed by atoms with Gasteiger partial charge in [-0.1, -0.05) is 350 Å². The average molecular weight is 1210 g/mol. The predicted molar refractivity (Wildman–Crippen MR) is 373 cm³/mol. The van der Waals surface area contributed by atoms with E-state index in [2.05, 4.69) is 79.9 Å². The molecule has 3 N–H and O–H groups in total. The van der Waals surface area contributed by atoms with Crippen molar-refractivity contribution in [2.75, 3.05) is 40.9 Å². The zero-order valence-electron chi connectivity index (χ0n) is 57.1. The molecule has 85 heavy (non-hydrogen) atoms. The number of likely N-dealkylation sites (N-methyl/N-ethyl adjacent to an activating group) is 1. The van der Waals surface area contributed by atoms with Crippen LogP contribution in [0.3, 0.4) is 0 Å². The molecular formula is C76H144N2O6P+. The number of hydrogen-bond acceptors (Lipinski definition) is 5. The van der Waals surface area contributed by atoms with Crippen LogP contribution >= 0.6 is 7.82 Å². The Bertz CT molecular complexity index is 1620. The molecule has 0 aliphatic carbocycles. The molecule has 0 bridgehead atoms. The average Bonchev–Trinajstić information content (AvgIpc) is 3.49. The first kappa shape index (κ1) is 82.9. The molecule has 0 aromatic carbocycles. The van der Waals surface area contributed by atoms with Gasteiger partial charge in [0.05, 0.1) is 39.9 Å². The summed E-state index contributed by atoms with van der Waals surface area (Å²) in [6.45, 7) is 4.73. The summed E-state index contributed by atoms with van der Waals surface area (Å²) in [6.07, 6.45) is 93.6. The minimum Gasteiger partial charge on any atom is -0.387 e. The van der Waals surface area contributed by atoms with Crippen molar-refractivity contribution in [2.24, 2.45) is 0 Å². The number of amides is 1. The molecule has 0 heterocycles. The van der Waals surface area contributed by atoms with Gasteiger partial charge in [-0.05, 0) is 70.6 Å². The first-order valence-corrected chi connectivity index (χ1v) is 38.3. The number of unbranched alkanes of at least 4 members (excludes halogenated alkanes) is 45. The van der Waals surface area contributed by atoms with Crippen LogP contribution in [0.5, 0.6) is 0 Å². The van der Waals surface area contributed by atoms with E-state index in [1.165, 1.54) is 270 Å². The third-order valence-electron chi connectivity index (χ3n) is 16.7. The molecule has 0 aliphatic heterocycles. The Morgan fingerprint density at radius 1 is 0.412 bits per heavy atom. The molecule has 0 aliphatic rings. The van der Waals surface area contributed by atoms with Crippen LogP contribution in [0.25, 0.3) is 0 Å². The van der Waals surface area contributed by atoms with Gasteiger partial charge in [-0.3, -0.25) is 13.8 Å². The lowest BCUT2D eigenvalue weighted by Gasteiger charge is -2.25. The maximum Gasteiger partial charge on any atom is 0.472 e. The highest BCUT2D eigenvalue weighted by molar-refractivity contribution is 7.47. The number of quaternary nitrogens is 1. The van der Waals surface area contributed by atoms with Crippen molar-refractivity contribution in [3.63, 3.8) is 0 Å². The summed E-state index contributed by atoms with van der Waals surface area (Å²) in [4.78, 5) is 23.4. The fraction of sp³-hybridized carbons (Fsp3) is 0.829. The lowest BCUT2D eigenvalue weighted by molar-refractivity contribution is -0.870. The number of carbonyl (C=O) groups is 1. The second-order valence-electron chi connectivity index (χ2n) is 26.3. The number of allylic oxidation sites excluding steroid dienone is 11. The van der Waals surface area contributed by atoms with Crippen LogP contribution in [0.4, 0.5) is 0 Å². The zero-order valence-corrected chi connectivity index (χ0v) is 58.0. The van der Waals surface area contributed by atoms with Crippen LogP contribution in [0.1, 0.15) is 354 Å². The van der Waals surface area contributed by atoms with Crippen molar-refractivity contribution in [1.82, 2.24) is 5.32 Å². The molecule has 0 saturated heterocycles. The Balaban J connectivity index is 4.06. The third-order valence-corrected chi connectivity index (χ3v) is 17.6. The number of nitrogens with one attached hydrogen (secondary N) is 1. The standard InChI is InChI=1S/C76H143N2O6P/c1-6-8-10-12-14-16-18-20-22-24-26-28-30-32-34-36-38-40-41-43-45-47-49-51-53-55-57-59-61-63-65-67-69-75(79)74(73-84-85(81,82)83-72-71-78(3,4)5)77-76(80)70-68-66-64-62-60-58-56-54-52-50-48-46-44-42-39-37-35-33-31-29-27-25-23-21-19-17-15-13-11-9-7-2/h9,11,15,17,21,23,27,29,59,61,67,69,74-75,79H,6-8,10,12-14,16,18-20,22,24-26,28,30-58,60,62-66,68,70-73H2,1-5H3,(H-,77,80,81,82)/p+1/b11-9-,17-15-,23-21-,29-27-,61-59+,69-67+. The maximum absolute atomic E-state index is 13.1. The van der Waals surface area contributed by atoms with E-state index in [1.54, 1.807) is 6.08 Å². The summed E-state index contributed by atoms with van der Waals surface area (Å²) < 4.78 is 23.8. The lowest BCUT2D eigenvalue weighted by atomic mass is 10.0. The van der Waals surface area contributed by atoms with Gasteiger partial charge in [-0.2, -0.15) is 0 Å². The second kappa shape index (κ2) is 66.4. The number of aliphatic hydroxyl groups is 1. The molecule has 0 aromatic rings. The SMILES string of the molecule is CC/C=C\C/C=C\C/C=C\C/C=C\CCCCCCCCCCCCCCCCCCCCC(=O)NC(COP(=O)(O)OCC[N+](C)(C)C)C(O)/C=C/CC/C=C/CCCCCCCCCCCCCCCCCCCCCCCCCCCC. The third kappa shape index (κ3) is 69.3. The fourth-order valence-electron chi connectivity index (χ4n) is 11.0. The van der Waals surface area contributed by atoms with Crippen molar-refractivity contribution in [3.8, 4) is 0 Å². The van der Waals surface area contributed by atoms with Crippen LogP contribution in [-0.4, -0.2) is 73.4 Å². The van der Waals surface area contributed by atoms with Gasteiger partial charge in [0.15, 0.2) is 0 Å². The molecule has 0 saturated carbocycles. The van der Waals surface area contributed by atoms with E-state index in [4.69, 9.17) is 9.05 Å². The number of rotatable bonds is 68. The van der Waals surface area contributed by atoms with E-state index >= 15 is 0 Å². The van der Waals surface area contributed by atoms with Gasteiger partial charge in [0.25, 0.3) is 0 Å². The Morgan fingerprint density at radius 2 is 0.718 bits per heavy atom. The van der Waals surface area contributed by atoms with Crippen molar-refractivity contribution in [3.05, 3.63) is 72.9 Å². The zero-order chi connectivity index (χ0) is 61.9. The van der Waals surface area contributed by atoms with E-state index in [-0.39, 0.29) is 19.1 Å². The van der Waals surface area contributed by atoms with Crippen molar-refractivity contribution >= 4 is 13.7 Å². The van der Waals surface area contributed by atoms with Gasteiger partial charge in [0.1, 0.15) is 13.2 Å². The van der Waals surface area contributed by atoms with Gasteiger partial charge in [-0.15, -0.1) is 0 Å². The van der Waals surface area contributed by atoms with Gasteiger partial charge >= 0.3 is 7.82 Å². The molecular weight excluding hydrogens is 1070 g/mol. The number of hydrogen-bond donors (Lipinski definition) is 3. The van der Waals surface area contributed by atoms with E-state index in [1.807, 2.05) is 27.2 Å². The van der Waals surface area contributed by atoms with Gasteiger partial charge in [0, 0.05) is 6.42 Å². The molecule has 0 aromatic heterocycles. The number of carbonyl (C=O) groups excluding carboxylic acids is 1. The molecule has 498 valence electrons. The van der Waals surface area contributed by atoms with E-state index in [0.29, 0.717) is 17.4 Å². The molecule has 8 nitrogen and oxygen atoms in total. The first-order chi connectivity index (χ1) is 41.5. The Kier molecular flexibility index (Phi) is 64.8. The molecule has 0 spiro atoms. The van der Waals surface area contributed by atoms with Crippen LogP contribution in [0.2, 0.25) is 0 Å². The first-order valence-electron chi connectivity index (χ1n) is 36.8. The van der Waals surface area contributed by atoms with E-state index in [0.717, 1.165) is 64.2 Å². The summed E-state index contributed by atoms with van der Waals surface area (Å²) in [5, 5.41) is 14.0. The Morgan fingerprint density at radius 3 is 1.08 bits per heavy atom. The maximum atomic E-state index is 13.1. The topological polar surface area (TPSA) is 105 Å². The minimum atomic E-state index is -4.37. The summed E-state index contributed by atoms with van der Waals surface area (Å²) in [5.41, 5.74) is 0. The predicted octanol–water partition coefficient (Wildman–Crippen LogP) is 23.7. The quantitative estimate of drug-likeness (QED) is 0.0243. The molecule has 0 radical (unpaired) electrons. The molecule has 1 amide bonds. The van der Waals surface area contributed by atoms with Gasteiger partial charge < -0.3 is 19.8 Å². The Labute approximate surface area is 529 Å². The molecule has 0 fully saturated rings. The van der Waals surface area contributed by atoms with Crippen molar-refractivity contribution in [1.29, 1.82) is 0 Å². The van der Waals surface area contributed by atoms with E-state index < -0.39 is 20.0 Å². The highest BCUT2D eigenvalue weighted by Crippen LogP contribution is 2.43. The summed E-state index contributed by atoms with van der Waals surface area (Å²) in [5.74, 6) is -0.182. The molecule has 0 rings (SSSR count). The van der Waals surface area contributed by atoms with Gasteiger partial charge in [-0.25, -0.2) is 4.57 Å². The molecule has 3 atom stereocenters. The monoisotopic (exact) mass is 1210 g/mol. The number of aliphatic hydroxyl groups excluding tert-OH is 1. The lowest BCUT2D eigenvalue weighted by Crippen LogP contribution is -2.45. The van der Waals surface area contributed by atoms with Crippen LogP contribution in [-0.2, 0) is 18.4 Å². The summed E-state index contributed by atoms with van der Waals surface area (Å²) in [6, 6.07) is -0.867. The summed E-state index contributed by atoms with van der Waals surface area (Å²) >= 11 is 0. The van der Waals surface area contributed by atoms with Crippen LogP contribution in [0.15, 0.2) is 72.9 Å². The molecule has 3 unspecified atom stereocenters. The van der Waals surface area contributed by atoms with Crippen LogP contribution in [0, 0.1) is 0 Å². The minimum absolute atomic E-state index is 0.0556. The molecule has 9 heteroatoms. The largest absolute Gasteiger partial charge is 0.472 e. The number of phosphoric ester groups is 1. The smallest absolute Gasteiger partial charge is 0.387 e. The van der Waals surface area contributed by atoms with Crippen molar-refractivity contribution in [2.45, 2.75) is 366 Å². The number of nitrogens with zero attached hydrogens (tertiary/aromatic N) is 1. The fourth-order valence-corrected chi connectivity index (χ4v) is 11.7. The number of phosphoric acid groups is 1. The highest BCUT2D eigenvalue weighted by Gasteiger charge is 2.28. The summed E-state index contributed by atoms with van der Waals surface area (Å²) in [7, 11) is 1.56. The second-order valence-corrected chi connectivity index (χ2v) is 27.7. The van der Waals surface area contributed by atoms with E-state index in [9.17, 15) is 19.4 Å². The Hall–Kier alpha value is -2.06. The highest BCUT2D eigenvalue weighted by atomic mass is 31.2.